The van der Waals surface area contributed by atoms with E-state index in [1.807, 2.05) is 6.07 Å². The predicted octanol–water partition coefficient (Wildman–Crippen LogP) is 2.90. The molecule has 1 aromatic rings. The fourth-order valence-corrected chi connectivity index (χ4v) is 2.47. The average Bonchev–Trinajstić information content (AvgIpc) is 2.50. The van der Waals surface area contributed by atoms with Crippen LogP contribution in [-0.2, 0) is 17.6 Å². The topological polar surface area (TPSA) is 29.1 Å². The molecule has 0 heterocycles. The Morgan fingerprint density at radius 1 is 1.43 bits per heavy atom. The molecule has 0 fully saturated rings. The van der Waals surface area contributed by atoms with Crippen molar-refractivity contribution in [2.24, 2.45) is 0 Å². The molecule has 1 aliphatic carbocycles. The minimum Gasteiger partial charge on any atom is -0.326 e. The zero-order chi connectivity index (χ0) is 10.1. The number of benzene rings is 1. The van der Waals surface area contributed by atoms with Crippen molar-refractivity contribution in [1.29, 1.82) is 0 Å². The first-order valence-electron chi connectivity index (χ1n) is 4.75. The molecule has 14 heavy (non-hydrogen) atoms. The number of nitrogens with one attached hydrogen (secondary N) is 1. The Kier molecular flexibility index (Phi) is 2.59. The van der Waals surface area contributed by atoms with Crippen molar-refractivity contribution in [1.82, 2.24) is 0 Å². The number of carbonyl (C=O) groups excluding carboxylic acids is 1. The molecule has 0 bridgehead atoms. The van der Waals surface area contributed by atoms with E-state index in [2.05, 4.69) is 27.3 Å². The second-order valence-corrected chi connectivity index (χ2v) is 4.54. The number of amides is 1. The number of fused-ring (bicyclic) bond motifs is 1. The normalized spacial score (nSPS) is 13.9. The van der Waals surface area contributed by atoms with E-state index in [4.69, 9.17) is 0 Å². The fraction of sp³-hybridized carbons (Fsp3) is 0.364. The van der Waals surface area contributed by atoms with E-state index in [0.29, 0.717) is 0 Å². The molecular formula is C11H12BrNO. The Morgan fingerprint density at radius 3 is 2.93 bits per heavy atom. The third kappa shape index (κ3) is 1.82. The summed E-state index contributed by atoms with van der Waals surface area (Å²) in [6.45, 7) is 1.54. The maximum absolute atomic E-state index is 11.0. The number of rotatable bonds is 1. The van der Waals surface area contributed by atoms with Gasteiger partial charge >= 0.3 is 0 Å². The minimum atomic E-state index is -0.00259. The van der Waals surface area contributed by atoms with Gasteiger partial charge in [-0.1, -0.05) is 15.9 Å². The number of hydrogen-bond acceptors (Lipinski definition) is 1. The van der Waals surface area contributed by atoms with Gasteiger partial charge in [-0.2, -0.15) is 0 Å². The van der Waals surface area contributed by atoms with Gasteiger partial charge in [-0.05, 0) is 42.5 Å². The van der Waals surface area contributed by atoms with E-state index in [9.17, 15) is 4.79 Å². The molecule has 1 aromatic carbocycles. The van der Waals surface area contributed by atoms with Crippen molar-refractivity contribution in [2.45, 2.75) is 26.2 Å². The third-order valence-corrected chi connectivity index (χ3v) is 2.95. The highest BCUT2D eigenvalue weighted by Gasteiger charge is 2.16. The molecular weight excluding hydrogens is 242 g/mol. The first-order chi connectivity index (χ1) is 6.66. The SMILES string of the molecule is CC(=O)Nc1cc(Br)cc2c1CCC2. The van der Waals surface area contributed by atoms with Crippen LogP contribution >= 0.6 is 15.9 Å². The molecule has 0 aromatic heterocycles. The second-order valence-electron chi connectivity index (χ2n) is 3.63. The summed E-state index contributed by atoms with van der Waals surface area (Å²) in [5.41, 5.74) is 3.64. The van der Waals surface area contributed by atoms with Crippen LogP contribution in [0, 0.1) is 0 Å². The third-order valence-electron chi connectivity index (χ3n) is 2.49. The van der Waals surface area contributed by atoms with E-state index in [-0.39, 0.29) is 5.91 Å². The summed E-state index contributed by atoms with van der Waals surface area (Å²) in [5, 5.41) is 2.88. The van der Waals surface area contributed by atoms with Crippen molar-refractivity contribution in [3.8, 4) is 0 Å². The average molecular weight is 254 g/mol. The maximum Gasteiger partial charge on any atom is 0.221 e. The second kappa shape index (κ2) is 3.73. The van der Waals surface area contributed by atoms with Gasteiger partial charge in [0.25, 0.3) is 0 Å². The van der Waals surface area contributed by atoms with Crippen LogP contribution in [0.1, 0.15) is 24.5 Å². The van der Waals surface area contributed by atoms with Crippen LogP contribution in [0.5, 0.6) is 0 Å². The lowest BCUT2D eigenvalue weighted by Crippen LogP contribution is -2.08. The lowest BCUT2D eigenvalue weighted by Gasteiger charge is -2.09. The van der Waals surface area contributed by atoms with Crippen molar-refractivity contribution >= 4 is 27.5 Å². The summed E-state index contributed by atoms with van der Waals surface area (Å²) < 4.78 is 1.04. The Hall–Kier alpha value is -0.830. The molecule has 74 valence electrons. The van der Waals surface area contributed by atoms with Gasteiger partial charge in [0.05, 0.1) is 0 Å². The van der Waals surface area contributed by atoms with Crippen LogP contribution in [0.25, 0.3) is 0 Å². The van der Waals surface area contributed by atoms with Crippen molar-refractivity contribution in [3.63, 3.8) is 0 Å². The minimum absolute atomic E-state index is 0.00259. The number of hydrogen-bond donors (Lipinski definition) is 1. The fourth-order valence-electron chi connectivity index (χ4n) is 1.97. The lowest BCUT2D eigenvalue weighted by atomic mass is 10.1. The highest BCUT2D eigenvalue weighted by molar-refractivity contribution is 9.10. The van der Waals surface area contributed by atoms with Crippen LogP contribution < -0.4 is 5.32 Å². The molecule has 3 heteroatoms. The smallest absolute Gasteiger partial charge is 0.221 e. The molecule has 1 aliphatic rings. The van der Waals surface area contributed by atoms with Gasteiger partial charge in [0, 0.05) is 17.1 Å². The lowest BCUT2D eigenvalue weighted by molar-refractivity contribution is -0.114. The molecule has 0 saturated heterocycles. The number of aryl methyl sites for hydroxylation is 1. The van der Waals surface area contributed by atoms with Gasteiger partial charge in [0.2, 0.25) is 5.91 Å². The molecule has 2 rings (SSSR count). The van der Waals surface area contributed by atoms with E-state index < -0.39 is 0 Å². The molecule has 1 amide bonds. The largest absolute Gasteiger partial charge is 0.326 e. The van der Waals surface area contributed by atoms with Gasteiger partial charge in [0.1, 0.15) is 0 Å². The van der Waals surface area contributed by atoms with Crippen molar-refractivity contribution in [3.05, 3.63) is 27.7 Å². The van der Waals surface area contributed by atoms with Gasteiger partial charge in [-0.25, -0.2) is 0 Å². The molecule has 0 saturated carbocycles. The zero-order valence-electron chi connectivity index (χ0n) is 8.06. The maximum atomic E-state index is 11.0. The summed E-state index contributed by atoms with van der Waals surface area (Å²) in [5.74, 6) is -0.00259. The predicted molar refractivity (Wildman–Crippen MR) is 60.5 cm³/mol. The van der Waals surface area contributed by atoms with Crippen LogP contribution in [0.4, 0.5) is 5.69 Å². The molecule has 1 N–H and O–H groups in total. The molecule has 2 nitrogen and oxygen atoms in total. The molecule has 0 aliphatic heterocycles. The monoisotopic (exact) mass is 253 g/mol. The highest BCUT2D eigenvalue weighted by Crippen LogP contribution is 2.32. The Labute approximate surface area is 91.8 Å². The number of carbonyl (C=O) groups is 1. The van der Waals surface area contributed by atoms with Crippen LogP contribution in [0.3, 0.4) is 0 Å². The van der Waals surface area contributed by atoms with Crippen LogP contribution in [-0.4, -0.2) is 5.91 Å². The van der Waals surface area contributed by atoms with Crippen LogP contribution in [0.15, 0.2) is 16.6 Å². The van der Waals surface area contributed by atoms with Gasteiger partial charge in [-0.15, -0.1) is 0 Å². The van der Waals surface area contributed by atoms with Gasteiger partial charge in [-0.3, -0.25) is 4.79 Å². The summed E-state index contributed by atoms with van der Waals surface area (Å²) in [6.07, 6.45) is 3.40. The number of anilines is 1. The summed E-state index contributed by atoms with van der Waals surface area (Å²) >= 11 is 3.45. The Balaban J connectivity index is 2.43. The van der Waals surface area contributed by atoms with E-state index in [1.54, 1.807) is 6.92 Å². The van der Waals surface area contributed by atoms with Gasteiger partial charge in [0.15, 0.2) is 0 Å². The molecule has 0 radical (unpaired) electrons. The van der Waals surface area contributed by atoms with E-state index in [0.717, 1.165) is 23.0 Å². The quantitative estimate of drug-likeness (QED) is 0.820. The molecule has 0 atom stereocenters. The summed E-state index contributed by atoms with van der Waals surface area (Å²) in [7, 11) is 0. The van der Waals surface area contributed by atoms with E-state index in [1.165, 1.54) is 17.5 Å². The Bertz CT molecular complexity index is 387. The molecule has 0 spiro atoms. The highest BCUT2D eigenvalue weighted by atomic mass is 79.9. The standard InChI is InChI=1S/C11H12BrNO/c1-7(14)13-11-6-9(12)5-8-3-2-4-10(8)11/h5-6H,2-4H2,1H3,(H,13,14). The van der Waals surface area contributed by atoms with Crippen molar-refractivity contribution in [2.75, 3.05) is 5.32 Å². The van der Waals surface area contributed by atoms with E-state index >= 15 is 0 Å². The Morgan fingerprint density at radius 2 is 2.21 bits per heavy atom. The van der Waals surface area contributed by atoms with Gasteiger partial charge < -0.3 is 5.32 Å². The first-order valence-corrected chi connectivity index (χ1v) is 5.55. The van der Waals surface area contributed by atoms with Crippen LogP contribution in [0.2, 0.25) is 0 Å². The zero-order valence-corrected chi connectivity index (χ0v) is 9.65. The summed E-state index contributed by atoms with van der Waals surface area (Å²) in [6, 6.07) is 4.12. The van der Waals surface area contributed by atoms with Crippen molar-refractivity contribution < 1.29 is 4.79 Å². The molecule has 0 unspecified atom stereocenters. The summed E-state index contributed by atoms with van der Waals surface area (Å²) in [4.78, 5) is 11.0. The first kappa shape index (κ1) is 9.71. The number of halogens is 1.